The molecule has 6 nitrogen and oxygen atoms in total. The predicted octanol–water partition coefficient (Wildman–Crippen LogP) is 0.220. The van der Waals surface area contributed by atoms with E-state index in [0.29, 0.717) is 18.9 Å². The van der Waals surface area contributed by atoms with Crippen LogP contribution in [0.4, 0.5) is 0 Å². The zero-order valence-corrected chi connectivity index (χ0v) is 10.3. The quantitative estimate of drug-likeness (QED) is 0.802. The highest BCUT2D eigenvalue weighted by Gasteiger charge is 2.28. The Morgan fingerprint density at radius 3 is 3.06 bits per heavy atom. The van der Waals surface area contributed by atoms with Crippen molar-refractivity contribution in [3.63, 3.8) is 0 Å². The van der Waals surface area contributed by atoms with Crippen LogP contribution in [0.25, 0.3) is 0 Å². The lowest BCUT2D eigenvalue weighted by Gasteiger charge is -2.21. The first kappa shape index (κ1) is 11.6. The van der Waals surface area contributed by atoms with Crippen molar-refractivity contribution >= 4 is 5.97 Å². The van der Waals surface area contributed by atoms with Crippen LogP contribution in [0.15, 0.2) is 0 Å². The van der Waals surface area contributed by atoms with E-state index in [2.05, 4.69) is 20.1 Å². The number of hydrogen-bond donors (Lipinski definition) is 2. The van der Waals surface area contributed by atoms with Gasteiger partial charge in [-0.05, 0) is 25.8 Å². The molecule has 2 aliphatic rings. The summed E-state index contributed by atoms with van der Waals surface area (Å²) in [6, 6.07) is 0.510. The smallest absolute Gasteiger partial charge is 0.307 e. The third-order valence-corrected chi connectivity index (χ3v) is 3.97. The maximum Gasteiger partial charge on any atom is 0.307 e. The zero-order valence-electron chi connectivity index (χ0n) is 10.3. The number of carbonyl (C=O) groups is 1. The van der Waals surface area contributed by atoms with E-state index in [4.69, 9.17) is 5.11 Å². The van der Waals surface area contributed by atoms with E-state index in [1.165, 1.54) is 12.8 Å². The molecule has 2 unspecified atom stereocenters. The number of fused-ring (bicyclic) bond motifs is 1. The van der Waals surface area contributed by atoms with Crippen LogP contribution in [0.1, 0.15) is 30.9 Å². The van der Waals surface area contributed by atoms with E-state index in [0.717, 1.165) is 31.2 Å². The topological polar surface area (TPSA) is 80.0 Å². The van der Waals surface area contributed by atoms with Crippen molar-refractivity contribution in [2.45, 2.75) is 44.7 Å². The molecular formula is C12H18N4O2. The van der Waals surface area contributed by atoms with E-state index in [1.807, 2.05) is 0 Å². The van der Waals surface area contributed by atoms with Gasteiger partial charge in [-0.25, -0.2) is 0 Å². The fourth-order valence-corrected chi connectivity index (χ4v) is 2.90. The maximum absolute atomic E-state index is 11.0. The summed E-state index contributed by atoms with van der Waals surface area (Å²) in [6.45, 7) is 1.83. The monoisotopic (exact) mass is 250 g/mol. The number of carboxylic acids is 1. The van der Waals surface area contributed by atoms with E-state index in [9.17, 15) is 4.79 Å². The Morgan fingerprint density at radius 2 is 2.33 bits per heavy atom. The molecule has 1 saturated heterocycles. The summed E-state index contributed by atoms with van der Waals surface area (Å²) in [5.41, 5.74) is 0. The maximum atomic E-state index is 11.0. The summed E-state index contributed by atoms with van der Waals surface area (Å²) in [7, 11) is 0. The fourth-order valence-electron chi connectivity index (χ4n) is 2.90. The van der Waals surface area contributed by atoms with Gasteiger partial charge in [0.2, 0.25) is 0 Å². The fraction of sp³-hybridized carbons (Fsp3) is 0.750. The number of aromatic nitrogens is 3. The molecule has 1 fully saturated rings. The minimum absolute atomic E-state index is 0.292. The number of nitrogens with zero attached hydrogens (tertiary/aromatic N) is 3. The predicted molar refractivity (Wildman–Crippen MR) is 64.2 cm³/mol. The number of hydrogen-bond acceptors (Lipinski definition) is 4. The third-order valence-electron chi connectivity index (χ3n) is 3.97. The van der Waals surface area contributed by atoms with Gasteiger partial charge in [-0.3, -0.25) is 4.79 Å². The van der Waals surface area contributed by atoms with Crippen LogP contribution in [-0.2, 0) is 24.2 Å². The van der Waals surface area contributed by atoms with Gasteiger partial charge in [-0.2, -0.15) is 0 Å². The summed E-state index contributed by atoms with van der Waals surface area (Å²) >= 11 is 0. The first-order chi connectivity index (χ1) is 8.74. The SMILES string of the molecule is O=C(O)C1CCn2c(CC3CCCN3)nnc2C1. The van der Waals surface area contributed by atoms with Crippen LogP contribution < -0.4 is 5.32 Å². The lowest BCUT2D eigenvalue weighted by molar-refractivity contribution is -0.142. The van der Waals surface area contributed by atoms with Gasteiger partial charge in [-0.15, -0.1) is 10.2 Å². The van der Waals surface area contributed by atoms with Gasteiger partial charge in [0.15, 0.2) is 0 Å². The Hall–Kier alpha value is -1.43. The van der Waals surface area contributed by atoms with Crippen molar-refractivity contribution in [2.75, 3.05) is 6.54 Å². The lowest BCUT2D eigenvalue weighted by Crippen LogP contribution is -2.29. The Kier molecular flexibility index (Phi) is 3.03. The molecular weight excluding hydrogens is 232 g/mol. The van der Waals surface area contributed by atoms with Gasteiger partial charge >= 0.3 is 5.97 Å². The van der Waals surface area contributed by atoms with Gasteiger partial charge in [0.25, 0.3) is 0 Å². The number of aliphatic carboxylic acids is 1. The van der Waals surface area contributed by atoms with Crippen molar-refractivity contribution in [3.05, 3.63) is 11.6 Å². The van der Waals surface area contributed by atoms with Crippen LogP contribution in [0.2, 0.25) is 0 Å². The first-order valence-corrected chi connectivity index (χ1v) is 6.61. The molecule has 1 aromatic rings. The second-order valence-electron chi connectivity index (χ2n) is 5.21. The van der Waals surface area contributed by atoms with Crippen molar-refractivity contribution in [3.8, 4) is 0 Å². The summed E-state index contributed by atoms with van der Waals surface area (Å²) in [4.78, 5) is 11.0. The summed E-state index contributed by atoms with van der Waals surface area (Å²) in [5.74, 6) is 0.831. The van der Waals surface area contributed by atoms with Gasteiger partial charge in [0, 0.05) is 25.4 Å². The molecule has 3 heterocycles. The summed E-state index contributed by atoms with van der Waals surface area (Å²) in [6.07, 6.45) is 4.53. The molecule has 1 aromatic heterocycles. The standard InChI is InChI=1S/C12H18N4O2/c17-12(18)8-3-5-16-10(6-8)14-15-11(16)7-9-2-1-4-13-9/h8-9,13H,1-7H2,(H,17,18). The lowest BCUT2D eigenvalue weighted by atomic mass is 9.98. The van der Waals surface area contributed by atoms with Crippen LogP contribution in [0.3, 0.4) is 0 Å². The molecule has 2 aliphatic heterocycles. The molecule has 0 aromatic carbocycles. The third kappa shape index (κ3) is 2.12. The highest BCUT2D eigenvalue weighted by molar-refractivity contribution is 5.70. The molecule has 0 radical (unpaired) electrons. The molecule has 0 amide bonds. The minimum Gasteiger partial charge on any atom is -0.481 e. The second-order valence-corrected chi connectivity index (χ2v) is 5.21. The Balaban J connectivity index is 1.73. The molecule has 3 rings (SSSR count). The van der Waals surface area contributed by atoms with Crippen LogP contribution in [0, 0.1) is 5.92 Å². The first-order valence-electron chi connectivity index (χ1n) is 6.61. The van der Waals surface area contributed by atoms with Gasteiger partial charge in [0.05, 0.1) is 5.92 Å². The average molecular weight is 250 g/mol. The molecule has 0 spiro atoms. The summed E-state index contributed by atoms with van der Waals surface area (Å²) in [5, 5.41) is 20.9. The second kappa shape index (κ2) is 4.68. The van der Waals surface area contributed by atoms with E-state index < -0.39 is 5.97 Å². The Morgan fingerprint density at radius 1 is 1.44 bits per heavy atom. The normalized spacial score (nSPS) is 27.1. The van der Waals surface area contributed by atoms with Gasteiger partial charge < -0.3 is 15.0 Å². The van der Waals surface area contributed by atoms with E-state index in [1.54, 1.807) is 0 Å². The van der Waals surface area contributed by atoms with Crippen LogP contribution in [-0.4, -0.2) is 38.4 Å². The highest BCUT2D eigenvalue weighted by Crippen LogP contribution is 2.21. The van der Waals surface area contributed by atoms with Crippen molar-refractivity contribution in [1.29, 1.82) is 0 Å². The zero-order chi connectivity index (χ0) is 12.5. The Bertz CT molecular complexity index is 451. The number of carboxylic acid groups (broad SMARTS) is 1. The van der Waals surface area contributed by atoms with Gasteiger partial charge in [-0.1, -0.05) is 0 Å². The molecule has 0 saturated carbocycles. The average Bonchev–Trinajstić information content (AvgIpc) is 2.99. The molecule has 98 valence electrons. The molecule has 0 aliphatic carbocycles. The van der Waals surface area contributed by atoms with Crippen molar-refractivity contribution in [2.24, 2.45) is 5.92 Å². The van der Waals surface area contributed by atoms with Crippen molar-refractivity contribution < 1.29 is 9.90 Å². The van der Waals surface area contributed by atoms with E-state index in [-0.39, 0.29) is 5.92 Å². The molecule has 2 N–H and O–H groups in total. The molecule has 18 heavy (non-hydrogen) atoms. The molecule has 6 heteroatoms. The van der Waals surface area contributed by atoms with Gasteiger partial charge in [0.1, 0.15) is 11.6 Å². The minimum atomic E-state index is -0.719. The molecule has 2 atom stereocenters. The Labute approximate surface area is 105 Å². The molecule has 0 bridgehead atoms. The largest absolute Gasteiger partial charge is 0.481 e. The van der Waals surface area contributed by atoms with Crippen LogP contribution >= 0.6 is 0 Å². The van der Waals surface area contributed by atoms with Crippen molar-refractivity contribution in [1.82, 2.24) is 20.1 Å². The summed E-state index contributed by atoms with van der Waals surface area (Å²) < 4.78 is 2.11. The van der Waals surface area contributed by atoms with E-state index >= 15 is 0 Å². The number of nitrogens with one attached hydrogen (secondary N) is 1. The van der Waals surface area contributed by atoms with Crippen LogP contribution in [0.5, 0.6) is 0 Å². The number of rotatable bonds is 3. The highest BCUT2D eigenvalue weighted by atomic mass is 16.4.